The number of pyridine rings is 1. The molecule has 0 bridgehead atoms. The number of fused-ring (bicyclic) bond motifs is 1. The van der Waals surface area contributed by atoms with Gasteiger partial charge in [-0.1, -0.05) is 18.2 Å². The number of para-hydroxylation sites is 1. The maximum absolute atomic E-state index is 12.5. The molecule has 6 heteroatoms. The zero-order chi connectivity index (χ0) is 19.5. The quantitative estimate of drug-likeness (QED) is 0.736. The molecule has 1 aromatic carbocycles. The number of carbonyl (C=O) groups excluding carboxylic acids is 1. The summed E-state index contributed by atoms with van der Waals surface area (Å²) in [5, 5.41) is 13.4. The lowest BCUT2D eigenvalue weighted by Crippen LogP contribution is -2.44. The highest BCUT2D eigenvalue weighted by Gasteiger charge is 2.22. The van der Waals surface area contributed by atoms with E-state index in [9.17, 15) is 4.79 Å². The lowest BCUT2D eigenvalue weighted by atomic mass is 10.0. The van der Waals surface area contributed by atoms with Crippen LogP contribution in [0.1, 0.15) is 40.2 Å². The molecule has 1 saturated heterocycles. The van der Waals surface area contributed by atoms with Crippen molar-refractivity contribution in [2.75, 3.05) is 13.1 Å². The summed E-state index contributed by atoms with van der Waals surface area (Å²) in [7, 11) is 0. The Morgan fingerprint density at radius 2 is 2.11 bits per heavy atom. The Bertz CT molecular complexity index is 1040. The average Bonchev–Trinajstić information content (AvgIpc) is 3.12. The van der Waals surface area contributed by atoms with Crippen LogP contribution in [0.15, 0.2) is 42.6 Å². The van der Waals surface area contributed by atoms with Crippen LogP contribution in [0.5, 0.6) is 0 Å². The van der Waals surface area contributed by atoms with E-state index in [1.165, 1.54) is 16.5 Å². The number of aromatic nitrogens is 2. The summed E-state index contributed by atoms with van der Waals surface area (Å²) in [4.78, 5) is 22.5. The zero-order valence-corrected chi connectivity index (χ0v) is 15.9. The van der Waals surface area contributed by atoms with Gasteiger partial charge < -0.3 is 10.3 Å². The van der Waals surface area contributed by atoms with Crippen LogP contribution in [0.3, 0.4) is 0 Å². The molecule has 3 heterocycles. The third-order valence-electron chi connectivity index (χ3n) is 5.31. The predicted molar refractivity (Wildman–Crippen MR) is 108 cm³/mol. The SMILES string of the molecule is Cc1cc(C#N)cc(C(=O)NC2CCN(Cc3c[nH]c4ccccc34)CC2)n1. The number of aryl methyl sites for hydroxylation is 1. The van der Waals surface area contributed by atoms with Crippen LogP contribution in [-0.4, -0.2) is 39.9 Å². The Hall–Kier alpha value is -3.17. The minimum Gasteiger partial charge on any atom is -0.361 e. The van der Waals surface area contributed by atoms with E-state index in [-0.39, 0.29) is 11.9 Å². The van der Waals surface area contributed by atoms with Crippen LogP contribution in [0.2, 0.25) is 0 Å². The molecule has 0 atom stereocenters. The lowest BCUT2D eigenvalue weighted by molar-refractivity contribution is 0.0904. The van der Waals surface area contributed by atoms with Gasteiger partial charge in [-0.25, -0.2) is 4.98 Å². The largest absolute Gasteiger partial charge is 0.361 e. The number of nitrogens with zero attached hydrogens (tertiary/aromatic N) is 3. The molecule has 2 N–H and O–H groups in total. The fraction of sp³-hybridized carbons (Fsp3) is 0.318. The average molecular weight is 373 g/mol. The lowest BCUT2D eigenvalue weighted by Gasteiger charge is -2.32. The first-order valence-corrected chi connectivity index (χ1v) is 9.59. The molecule has 0 radical (unpaired) electrons. The monoisotopic (exact) mass is 373 g/mol. The molecular weight excluding hydrogens is 350 g/mol. The van der Waals surface area contributed by atoms with E-state index in [1.807, 2.05) is 6.07 Å². The topological polar surface area (TPSA) is 84.8 Å². The summed E-state index contributed by atoms with van der Waals surface area (Å²) < 4.78 is 0. The minimum absolute atomic E-state index is 0.138. The molecule has 0 saturated carbocycles. The van der Waals surface area contributed by atoms with E-state index in [0.717, 1.165) is 32.5 Å². The van der Waals surface area contributed by atoms with E-state index >= 15 is 0 Å². The number of nitrogens with one attached hydrogen (secondary N) is 2. The molecule has 3 aromatic rings. The van der Waals surface area contributed by atoms with E-state index in [1.54, 1.807) is 19.1 Å². The molecule has 1 fully saturated rings. The minimum atomic E-state index is -0.199. The number of H-pyrrole nitrogens is 1. The van der Waals surface area contributed by atoms with Crippen LogP contribution < -0.4 is 5.32 Å². The van der Waals surface area contributed by atoms with Gasteiger partial charge in [0.15, 0.2) is 0 Å². The Labute approximate surface area is 164 Å². The molecule has 0 spiro atoms. The smallest absolute Gasteiger partial charge is 0.270 e. The number of hydrogen-bond donors (Lipinski definition) is 2. The van der Waals surface area contributed by atoms with Crippen molar-refractivity contribution < 1.29 is 4.79 Å². The highest BCUT2D eigenvalue weighted by molar-refractivity contribution is 5.92. The van der Waals surface area contributed by atoms with E-state index in [4.69, 9.17) is 5.26 Å². The Balaban J connectivity index is 1.34. The number of hydrogen-bond acceptors (Lipinski definition) is 4. The number of likely N-dealkylation sites (tertiary alicyclic amines) is 1. The molecule has 2 aromatic heterocycles. The molecule has 1 aliphatic rings. The van der Waals surface area contributed by atoms with Crippen molar-refractivity contribution in [3.8, 4) is 6.07 Å². The van der Waals surface area contributed by atoms with Gasteiger partial charge in [-0.15, -0.1) is 0 Å². The van der Waals surface area contributed by atoms with Crippen LogP contribution in [0.4, 0.5) is 0 Å². The number of benzene rings is 1. The van der Waals surface area contributed by atoms with Gasteiger partial charge in [-0.05, 0) is 43.5 Å². The number of carbonyl (C=O) groups is 1. The summed E-state index contributed by atoms with van der Waals surface area (Å²) >= 11 is 0. The molecule has 4 rings (SSSR count). The maximum atomic E-state index is 12.5. The van der Waals surface area contributed by atoms with Crippen LogP contribution in [-0.2, 0) is 6.54 Å². The second kappa shape index (κ2) is 7.83. The molecule has 6 nitrogen and oxygen atoms in total. The summed E-state index contributed by atoms with van der Waals surface area (Å²) in [5.41, 5.74) is 3.94. The Morgan fingerprint density at radius 1 is 1.32 bits per heavy atom. The van der Waals surface area contributed by atoms with Gasteiger partial charge in [-0.3, -0.25) is 9.69 Å². The number of rotatable bonds is 4. The van der Waals surface area contributed by atoms with E-state index < -0.39 is 0 Å². The number of piperidine rings is 1. The van der Waals surface area contributed by atoms with Gasteiger partial charge in [-0.2, -0.15) is 5.26 Å². The normalized spacial score (nSPS) is 15.4. The van der Waals surface area contributed by atoms with E-state index in [0.29, 0.717) is 17.0 Å². The predicted octanol–water partition coefficient (Wildman–Crippen LogP) is 3.14. The molecule has 1 amide bonds. The molecular formula is C22H23N5O. The third-order valence-corrected chi connectivity index (χ3v) is 5.31. The van der Waals surface area contributed by atoms with Gasteiger partial charge in [0, 0.05) is 48.5 Å². The van der Waals surface area contributed by atoms with Gasteiger partial charge in [0.1, 0.15) is 5.69 Å². The molecule has 0 unspecified atom stereocenters. The van der Waals surface area contributed by atoms with Crippen molar-refractivity contribution in [1.82, 2.24) is 20.2 Å². The van der Waals surface area contributed by atoms with E-state index in [2.05, 4.69) is 50.6 Å². The van der Waals surface area contributed by atoms with Crippen molar-refractivity contribution in [3.63, 3.8) is 0 Å². The van der Waals surface area contributed by atoms with Gasteiger partial charge in [0.25, 0.3) is 5.91 Å². The first-order chi connectivity index (χ1) is 13.6. The molecule has 28 heavy (non-hydrogen) atoms. The Morgan fingerprint density at radius 3 is 2.89 bits per heavy atom. The first kappa shape index (κ1) is 18.2. The zero-order valence-electron chi connectivity index (χ0n) is 15.9. The summed E-state index contributed by atoms with van der Waals surface area (Å²) in [5.74, 6) is -0.199. The van der Waals surface area contributed by atoms with Crippen LogP contribution >= 0.6 is 0 Å². The van der Waals surface area contributed by atoms with Crippen LogP contribution in [0, 0.1) is 18.3 Å². The standard InChI is InChI=1S/C22H23N5O/c1-15-10-16(12-23)11-21(25-15)22(28)26-18-6-8-27(9-7-18)14-17-13-24-20-5-3-2-4-19(17)20/h2-5,10-11,13,18,24H,6-9,14H2,1H3,(H,26,28). The molecule has 0 aliphatic carbocycles. The fourth-order valence-corrected chi connectivity index (χ4v) is 3.85. The maximum Gasteiger partial charge on any atom is 0.270 e. The van der Waals surface area contributed by atoms with Crippen molar-refractivity contribution in [2.45, 2.75) is 32.4 Å². The molecule has 142 valence electrons. The van der Waals surface area contributed by atoms with Gasteiger partial charge >= 0.3 is 0 Å². The van der Waals surface area contributed by atoms with Crippen molar-refractivity contribution >= 4 is 16.8 Å². The summed E-state index contributed by atoms with van der Waals surface area (Å²) in [6.45, 7) is 4.58. The summed E-state index contributed by atoms with van der Waals surface area (Å²) in [6.07, 6.45) is 3.91. The number of nitriles is 1. The molecule has 1 aliphatic heterocycles. The third kappa shape index (κ3) is 3.90. The van der Waals surface area contributed by atoms with Crippen LogP contribution in [0.25, 0.3) is 10.9 Å². The van der Waals surface area contributed by atoms with Crippen molar-refractivity contribution in [3.05, 3.63) is 65.1 Å². The Kier molecular flexibility index (Phi) is 5.09. The second-order valence-corrected chi connectivity index (χ2v) is 7.38. The van der Waals surface area contributed by atoms with Crippen molar-refractivity contribution in [1.29, 1.82) is 5.26 Å². The highest BCUT2D eigenvalue weighted by atomic mass is 16.1. The first-order valence-electron chi connectivity index (χ1n) is 9.59. The number of aromatic amines is 1. The van der Waals surface area contributed by atoms with Gasteiger partial charge in [0.05, 0.1) is 11.6 Å². The number of amides is 1. The van der Waals surface area contributed by atoms with Gasteiger partial charge in [0.2, 0.25) is 0 Å². The fourth-order valence-electron chi connectivity index (χ4n) is 3.85. The highest BCUT2D eigenvalue weighted by Crippen LogP contribution is 2.21. The van der Waals surface area contributed by atoms with Crippen molar-refractivity contribution in [2.24, 2.45) is 0 Å². The second-order valence-electron chi connectivity index (χ2n) is 7.38. The summed E-state index contributed by atoms with van der Waals surface area (Å²) in [6, 6.07) is 13.8.